The van der Waals surface area contributed by atoms with E-state index in [9.17, 15) is 9.59 Å². The Morgan fingerprint density at radius 2 is 1.91 bits per heavy atom. The summed E-state index contributed by atoms with van der Waals surface area (Å²) in [6.45, 7) is 4.22. The van der Waals surface area contributed by atoms with Crippen LogP contribution >= 0.6 is 0 Å². The Labute approximate surface area is 134 Å². The van der Waals surface area contributed by atoms with Crippen molar-refractivity contribution in [3.8, 4) is 0 Å². The number of anilines is 1. The number of piperidine rings is 1. The normalized spacial score (nSPS) is 15.8. The molecule has 23 heavy (non-hydrogen) atoms. The van der Waals surface area contributed by atoms with Crippen molar-refractivity contribution in [3.05, 3.63) is 50.9 Å². The van der Waals surface area contributed by atoms with Crippen LogP contribution in [-0.2, 0) is 13.6 Å². The molecule has 7 nitrogen and oxygen atoms in total. The molecule has 122 valence electrons. The van der Waals surface area contributed by atoms with Crippen LogP contribution in [0.3, 0.4) is 0 Å². The quantitative estimate of drug-likeness (QED) is 0.827. The molecule has 2 aromatic heterocycles. The molecule has 0 N–H and O–H groups in total. The maximum atomic E-state index is 11.8. The molecule has 0 amide bonds. The van der Waals surface area contributed by atoms with E-state index in [4.69, 9.17) is 0 Å². The molecule has 0 spiro atoms. The summed E-state index contributed by atoms with van der Waals surface area (Å²) in [6.07, 6.45) is 3.47. The summed E-state index contributed by atoms with van der Waals surface area (Å²) in [5, 5.41) is 4.30. The Morgan fingerprint density at radius 1 is 1.17 bits per heavy atom. The fourth-order valence-corrected chi connectivity index (χ4v) is 2.90. The largest absolute Gasteiger partial charge is 0.356 e. The van der Waals surface area contributed by atoms with Crippen LogP contribution in [0.4, 0.5) is 5.82 Å². The van der Waals surface area contributed by atoms with Crippen molar-refractivity contribution in [3.63, 3.8) is 0 Å². The Balaban J connectivity index is 1.64. The third-order valence-corrected chi connectivity index (χ3v) is 4.33. The lowest BCUT2D eigenvalue weighted by Crippen LogP contribution is -2.38. The molecule has 0 aliphatic carbocycles. The van der Waals surface area contributed by atoms with E-state index in [1.54, 1.807) is 36.3 Å². The standard InChI is InChI=1S/C16H21N5O2/c1-12-3-4-15(22)21(18-12)10-13-5-7-20(8-6-13)14-9-16(23)19(2)11-17-14/h3-4,9,11,13H,5-8,10H2,1-2H3. The lowest BCUT2D eigenvalue weighted by molar-refractivity contribution is 0.333. The highest BCUT2D eigenvalue weighted by molar-refractivity contribution is 5.36. The molecule has 7 heteroatoms. The molecule has 3 rings (SSSR count). The lowest BCUT2D eigenvalue weighted by Gasteiger charge is -2.32. The molecule has 1 saturated heterocycles. The molecular formula is C16H21N5O2. The van der Waals surface area contributed by atoms with Gasteiger partial charge >= 0.3 is 0 Å². The fourth-order valence-electron chi connectivity index (χ4n) is 2.90. The van der Waals surface area contributed by atoms with Gasteiger partial charge in [0.1, 0.15) is 5.82 Å². The number of aromatic nitrogens is 4. The van der Waals surface area contributed by atoms with Crippen molar-refractivity contribution < 1.29 is 0 Å². The second kappa shape index (κ2) is 6.36. The zero-order chi connectivity index (χ0) is 16.4. The van der Waals surface area contributed by atoms with Crippen molar-refractivity contribution in [2.45, 2.75) is 26.3 Å². The fraction of sp³-hybridized carbons (Fsp3) is 0.500. The highest BCUT2D eigenvalue weighted by Gasteiger charge is 2.21. The highest BCUT2D eigenvalue weighted by Crippen LogP contribution is 2.21. The molecule has 1 aliphatic rings. The van der Waals surface area contributed by atoms with Gasteiger partial charge in [-0.3, -0.25) is 9.59 Å². The van der Waals surface area contributed by atoms with E-state index in [2.05, 4.69) is 15.0 Å². The van der Waals surface area contributed by atoms with Crippen molar-refractivity contribution in [2.75, 3.05) is 18.0 Å². The van der Waals surface area contributed by atoms with E-state index < -0.39 is 0 Å². The molecule has 0 saturated carbocycles. The first-order chi connectivity index (χ1) is 11.0. The van der Waals surface area contributed by atoms with Gasteiger partial charge in [0.2, 0.25) is 0 Å². The van der Waals surface area contributed by atoms with E-state index in [-0.39, 0.29) is 11.1 Å². The molecule has 2 aromatic rings. The van der Waals surface area contributed by atoms with Gasteiger partial charge in [-0.2, -0.15) is 5.10 Å². The average Bonchev–Trinajstić information content (AvgIpc) is 2.54. The lowest BCUT2D eigenvalue weighted by atomic mass is 9.97. The molecule has 0 bridgehead atoms. The van der Waals surface area contributed by atoms with Gasteiger partial charge in [-0.25, -0.2) is 9.67 Å². The van der Waals surface area contributed by atoms with Crippen LogP contribution in [0.2, 0.25) is 0 Å². The zero-order valence-corrected chi connectivity index (χ0v) is 13.5. The third-order valence-electron chi connectivity index (χ3n) is 4.33. The number of hydrogen-bond acceptors (Lipinski definition) is 5. The minimum atomic E-state index is -0.0498. The van der Waals surface area contributed by atoms with E-state index in [0.29, 0.717) is 12.5 Å². The molecule has 1 aliphatic heterocycles. The van der Waals surface area contributed by atoms with Crippen molar-refractivity contribution in [1.82, 2.24) is 19.3 Å². The maximum Gasteiger partial charge on any atom is 0.266 e. The van der Waals surface area contributed by atoms with Gasteiger partial charge in [-0.15, -0.1) is 0 Å². The van der Waals surface area contributed by atoms with Gasteiger partial charge in [0.15, 0.2) is 0 Å². The highest BCUT2D eigenvalue weighted by atomic mass is 16.1. The first kappa shape index (κ1) is 15.5. The van der Waals surface area contributed by atoms with Crippen LogP contribution < -0.4 is 16.0 Å². The number of nitrogens with zero attached hydrogens (tertiary/aromatic N) is 5. The van der Waals surface area contributed by atoms with Crippen LogP contribution in [0.15, 0.2) is 34.1 Å². The molecular weight excluding hydrogens is 294 g/mol. The summed E-state index contributed by atoms with van der Waals surface area (Å²) in [5.41, 5.74) is 0.755. The number of hydrogen-bond donors (Lipinski definition) is 0. The Kier molecular flexibility index (Phi) is 4.27. The molecule has 0 aromatic carbocycles. The number of aryl methyl sites for hydroxylation is 2. The van der Waals surface area contributed by atoms with Gasteiger partial charge in [-0.1, -0.05) is 0 Å². The Bertz CT molecular complexity index is 803. The molecule has 0 atom stereocenters. The van der Waals surface area contributed by atoms with Gasteiger partial charge < -0.3 is 9.47 Å². The Morgan fingerprint density at radius 3 is 2.61 bits per heavy atom. The van der Waals surface area contributed by atoms with Gasteiger partial charge in [0, 0.05) is 38.8 Å². The van der Waals surface area contributed by atoms with Crippen LogP contribution in [0, 0.1) is 12.8 Å². The predicted molar refractivity (Wildman–Crippen MR) is 87.6 cm³/mol. The SMILES string of the molecule is Cc1ccc(=O)n(CC2CCN(c3cc(=O)n(C)cn3)CC2)n1. The molecule has 1 fully saturated rings. The summed E-state index contributed by atoms with van der Waals surface area (Å²) in [6, 6.07) is 4.89. The van der Waals surface area contributed by atoms with Crippen molar-refractivity contribution >= 4 is 5.82 Å². The summed E-state index contributed by atoms with van der Waals surface area (Å²) in [5.74, 6) is 1.15. The van der Waals surface area contributed by atoms with E-state index in [1.165, 1.54) is 4.57 Å². The summed E-state index contributed by atoms with van der Waals surface area (Å²) < 4.78 is 3.03. The second-order valence-electron chi connectivity index (χ2n) is 6.12. The Hall–Kier alpha value is -2.44. The average molecular weight is 315 g/mol. The first-order valence-corrected chi connectivity index (χ1v) is 7.85. The molecule has 0 radical (unpaired) electrons. The van der Waals surface area contributed by atoms with Crippen LogP contribution in [0.25, 0.3) is 0 Å². The maximum absolute atomic E-state index is 11.8. The smallest absolute Gasteiger partial charge is 0.266 e. The van der Waals surface area contributed by atoms with Crippen LogP contribution in [-0.4, -0.2) is 32.4 Å². The minimum Gasteiger partial charge on any atom is -0.356 e. The minimum absolute atomic E-state index is 0.0485. The van der Waals surface area contributed by atoms with Crippen molar-refractivity contribution in [2.24, 2.45) is 13.0 Å². The van der Waals surface area contributed by atoms with E-state index >= 15 is 0 Å². The topological polar surface area (TPSA) is 73.0 Å². The summed E-state index contributed by atoms with van der Waals surface area (Å²) in [4.78, 5) is 30.0. The zero-order valence-electron chi connectivity index (χ0n) is 13.5. The summed E-state index contributed by atoms with van der Waals surface area (Å²) >= 11 is 0. The first-order valence-electron chi connectivity index (χ1n) is 7.85. The van der Waals surface area contributed by atoms with Gasteiger partial charge in [-0.05, 0) is 31.7 Å². The third kappa shape index (κ3) is 3.49. The van der Waals surface area contributed by atoms with Gasteiger partial charge in [0.05, 0.1) is 12.0 Å². The second-order valence-corrected chi connectivity index (χ2v) is 6.12. The van der Waals surface area contributed by atoms with E-state index in [0.717, 1.165) is 37.4 Å². The molecule has 3 heterocycles. The van der Waals surface area contributed by atoms with E-state index in [1.807, 2.05) is 6.92 Å². The van der Waals surface area contributed by atoms with Gasteiger partial charge in [0.25, 0.3) is 11.1 Å². The molecule has 0 unspecified atom stereocenters. The van der Waals surface area contributed by atoms with Crippen LogP contribution in [0.5, 0.6) is 0 Å². The monoisotopic (exact) mass is 315 g/mol. The van der Waals surface area contributed by atoms with Crippen LogP contribution in [0.1, 0.15) is 18.5 Å². The summed E-state index contributed by atoms with van der Waals surface area (Å²) in [7, 11) is 1.69. The number of rotatable bonds is 3. The van der Waals surface area contributed by atoms with Crippen molar-refractivity contribution in [1.29, 1.82) is 0 Å². The predicted octanol–water partition coefficient (Wildman–Crippen LogP) is 0.562.